The van der Waals surface area contributed by atoms with Gasteiger partial charge in [-0.15, -0.1) is 11.3 Å². The molecule has 0 aliphatic heterocycles. The number of pyridine rings is 1. The zero-order chi connectivity index (χ0) is 20.6. The number of hydrogen-bond donors (Lipinski definition) is 2. The normalized spacial score (nSPS) is 13.9. The lowest BCUT2D eigenvalue weighted by atomic mass is 10.2. The zero-order valence-corrected chi connectivity index (χ0v) is 17.6. The summed E-state index contributed by atoms with van der Waals surface area (Å²) in [6, 6.07) is 14.1. The number of thiazole rings is 1. The summed E-state index contributed by atoms with van der Waals surface area (Å²) in [6.45, 7) is 0. The van der Waals surface area contributed by atoms with E-state index in [0.29, 0.717) is 5.69 Å². The van der Waals surface area contributed by atoms with Crippen LogP contribution in [0, 0.1) is 0 Å². The van der Waals surface area contributed by atoms with Gasteiger partial charge in [-0.25, -0.2) is 13.4 Å². The van der Waals surface area contributed by atoms with Gasteiger partial charge in [-0.05, 0) is 42.5 Å². The summed E-state index contributed by atoms with van der Waals surface area (Å²) in [6.07, 6.45) is 4.60. The Labute approximate surface area is 172 Å². The molecule has 0 fully saturated rings. The second-order valence-electron chi connectivity index (χ2n) is 6.32. The zero-order valence-electron chi connectivity index (χ0n) is 15.1. The van der Waals surface area contributed by atoms with Gasteiger partial charge >= 0.3 is 0 Å². The summed E-state index contributed by atoms with van der Waals surface area (Å²) in [4.78, 5) is 8.82. The van der Waals surface area contributed by atoms with Crippen molar-refractivity contribution in [2.75, 3.05) is 11.0 Å². The van der Waals surface area contributed by atoms with Gasteiger partial charge in [0.25, 0.3) is 10.0 Å². The average molecular weight is 447 g/mol. The van der Waals surface area contributed by atoms with Gasteiger partial charge in [-0.2, -0.15) is 4.55 Å². The average Bonchev–Trinajstić information content (AvgIpc) is 3.12. The van der Waals surface area contributed by atoms with Crippen LogP contribution in [0.3, 0.4) is 0 Å². The van der Waals surface area contributed by atoms with E-state index in [9.17, 15) is 17.2 Å². The number of aromatic nitrogens is 2. The molecule has 2 aromatic heterocycles. The Morgan fingerprint density at radius 2 is 1.86 bits per heavy atom. The first-order valence-corrected chi connectivity index (χ1v) is 12.6. The highest BCUT2D eigenvalue weighted by Crippen LogP contribution is 2.31. The first-order valence-electron chi connectivity index (χ1n) is 8.38. The van der Waals surface area contributed by atoms with Gasteiger partial charge in [0.2, 0.25) is 10.2 Å². The highest BCUT2D eigenvalue weighted by Gasteiger charge is 2.23. The maximum atomic E-state index is 12.7. The quantitative estimate of drug-likeness (QED) is 0.446. The lowest BCUT2D eigenvalue weighted by Crippen LogP contribution is -2.13. The van der Waals surface area contributed by atoms with Gasteiger partial charge in [0.05, 0.1) is 15.1 Å². The fraction of sp³-hybridized carbons (Fsp3) is 0.0526. The van der Waals surface area contributed by atoms with E-state index in [0.717, 1.165) is 20.8 Å². The summed E-state index contributed by atoms with van der Waals surface area (Å²) in [5.74, 6) is 0. The third-order valence-electron chi connectivity index (χ3n) is 4.12. The number of hydrogen-bond acceptors (Lipinski definition) is 6. The smallest absolute Gasteiger partial charge is 0.261 e. The number of benzene rings is 2. The predicted molar refractivity (Wildman–Crippen MR) is 115 cm³/mol. The number of rotatable bonds is 5. The molecule has 0 saturated heterocycles. The molecule has 0 amide bonds. The topological polar surface area (TPSA) is 109 Å². The summed E-state index contributed by atoms with van der Waals surface area (Å²) in [5.41, 5.74) is 2.01. The molecule has 0 saturated carbocycles. The second-order valence-corrected chi connectivity index (χ2v) is 11.1. The molecule has 148 valence electrons. The number of nitrogens with one attached hydrogen (secondary N) is 1. The van der Waals surface area contributed by atoms with E-state index in [2.05, 4.69) is 14.7 Å². The maximum Gasteiger partial charge on any atom is 0.261 e. The Balaban J connectivity index is 1.62. The monoisotopic (exact) mass is 446 g/mol. The lowest BCUT2D eigenvalue weighted by Gasteiger charge is -2.09. The Hall–Kier alpha value is -2.66. The molecule has 2 N–H and O–H groups in total. The third kappa shape index (κ3) is 4.20. The fourth-order valence-corrected chi connectivity index (χ4v) is 5.32. The summed E-state index contributed by atoms with van der Waals surface area (Å²) >= 11 is 1.48. The molecule has 0 aliphatic carbocycles. The molecule has 4 rings (SSSR count). The van der Waals surface area contributed by atoms with Crippen molar-refractivity contribution in [3.8, 4) is 10.6 Å². The molecule has 1 unspecified atom stereocenters. The van der Waals surface area contributed by atoms with Crippen molar-refractivity contribution in [3.05, 3.63) is 67.0 Å². The van der Waals surface area contributed by atoms with Crippen molar-refractivity contribution in [2.24, 2.45) is 0 Å². The fourth-order valence-electron chi connectivity index (χ4n) is 2.70. The Kier molecular flexibility index (Phi) is 4.95. The summed E-state index contributed by atoms with van der Waals surface area (Å²) in [7, 11) is -7.00. The molecule has 10 heteroatoms. The minimum Gasteiger partial charge on any atom is -0.280 e. The first-order chi connectivity index (χ1) is 13.7. The highest BCUT2D eigenvalue weighted by molar-refractivity contribution is 7.97. The van der Waals surface area contributed by atoms with E-state index in [1.165, 1.54) is 41.9 Å². The van der Waals surface area contributed by atoms with Crippen molar-refractivity contribution in [1.29, 1.82) is 0 Å². The Morgan fingerprint density at radius 1 is 1.10 bits per heavy atom. The van der Waals surface area contributed by atoms with Crippen LogP contribution in [0.5, 0.6) is 0 Å². The molecule has 0 spiro atoms. The summed E-state index contributed by atoms with van der Waals surface area (Å²) < 4.78 is 50.1. The van der Waals surface area contributed by atoms with Crippen LogP contribution in [-0.4, -0.2) is 29.2 Å². The molecule has 29 heavy (non-hydrogen) atoms. The molecule has 0 aliphatic rings. The Bertz CT molecular complexity index is 1310. The van der Waals surface area contributed by atoms with Crippen molar-refractivity contribution in [3.63, 3.8) is 0 Å². The maximum absolute atomic E-state index is 12.7. The molecule has 2 heterocycles. The highest BCUT2D eigenvalue weighted by atomic mass is 32.3. The van der Waals surface area contributed by atoms with E-state index in [1.807, 2.05) is 12.1 Å². The molecule has 1 atom stereocenters. The predicted octanol–water partition coefficient (Wildman–Crippen LogP) is 4.12. The number of anilines is 1. The van der Waals surface area contributed by atoms with Crippen LogP contribution >= 0.6 is 11.3 Å². The Morgan fingerprint density at radius 3 is 2.55 bits per heavy atom. The third-order valence-corrected chi connectivity index (χ3v) is 7.72. The van der Waals surface area contributed by atoms with Crippen LogP contribution in [-0.2, 0) is 24.4 Å². The van der Waals surface area contributed by atoms with Gasteiger partial charge < -0.3 is 0 Å². The molecule has 0 bridgehead atoms. The minimum absolute atomic E-state index is 0.00126. The molecular weight excluding hydrogens is 430 g/mol. The lowest BCUT2D eigenvalue weighted by molar-refractivity contribution is 0.503. The molecule has 2 aromatic carbocycles. The van der Waals surface area contributed by atoms with Crippen LogP contribution in [0.2, 0.25) is 0 Å². The van der Waals surface area contributed by atoms with Crippen molar-refractivity contribution < 1.29 is 17.2 Å². The van der Waals surface area contributed by atoms with Crippen molar-refractivity contribution in [1.82, 2.24) is 9.97 Å². The number of fused-ring (bicyclic) bond motifs is 1. The van der Waals surface area contributed by atoms with Crippen LogP contribution in [0.25, 0.3) is 20.8 Å². The van der Waals surface area contributed by atoms with Gasteiger partial charge in [-0.1, -0.05) is 16.3 Å². The molecule has 7 nitrogen and oxygen atoms in total. The van der Waals surface area contributed by atoms with Crippen molar-refractivity contribution in [2.45, 2.75) is 9.79 Å². The number of nitrogens with zero attached hydrogens (tertiary/aromatic N) is 2. The second kappa shape index (κ2) is 7.30. The van der Waals surface area contributed by atoms with Crippen LogP contribution in [0.1, 0.15) is 0 Å². The van der Waals surface area contributed by atoms with Gasteiger partial charge in [-0.3, -0.25) is 9.71 Å². The van der Waals surface area contributed by atoms with Crippen LogP contribution in [0.4, 0.5) is 5.69 Å². The molecule has 0 radical (unpaired) electrons. The van der Waals surface area contributed by atoms with Crippen LogP contribution in [0.15, 0.2) is 76.8 Å². The van der Waals surface area contributed by atoms with E-state index >= 15 is 0 Å². The van der Waals surface area contributed by atoms with Crippen LogP contribution < -0.4 is 4.72 Å². The van der Waals surface area contributed by atoms with Gasteiger partial charge in [0.15, 0.2) is 4.90 Å². The van der Waals surface area contributed by atoms with E-state index < -0.39 is 20.2 Å². The first kappa shape index (κ1) is 19.6. The summed E-state index contributed by atoms with van der Waals surface area (Å²) in [5, 5.41) is 0.763. The van der Waals surface area contributed by atoms with E-state index in [1.54, 1.807) is 30.6 Å². The molecule has 4 aromatic rings. The molecular formula is C19H16N3O4S3+. The van der Waals surface area contributed by atoms with Gasteiger partial charge in [0, 0.05) is 23.6 Å². The van der Waals surface area contributed by atoms with E-state index in [4.69, 9.17) is 0 Å². The van der Waals surface area contributed by atoms with Gasteiger partial charge in [0.1, 0.15) is 11.3 Å². The number of sulfonamides is 1. The van der Waals surface area contributed by atoms with Crippen molar-refractivity contribution >= 4 is 47.5 Å². The largest absolute Gasteiger partial charge is 0.280 e. The SMILES string of the molecule is C[S+](=O)(O)c1ccc(S(=O)(=O)Nc2cccc(-c3nc4ccncc4s3)c2)cc1. The standard InChI is InChI=1S/C19H15N3O4S3/c1-28(23,24)15-5-7-16(8-6-15)29(25,26)22-14-4-2-3-13(11-14)19-21-17-9-10-20-12-18(17)27-19/h2-12,22H,1H3/p+1. The minimum atomic E-state index is -3.85. The van der Waals surface area contributed by atoms with E-state index in [-0.39, 0.29) is 9.79 Å².